The second-order valence-corrected chi connectivity index (χ2v) is 2.87. The number of carbonyl (C=O) groups excluding carboxylic acids is 1. The molecule has 0 saturated heterocycles. The van der Waals surface area contributed by atoms with Gasteiger partial charge in [-0.1, -0.05) is 5.92 Å². The van der Waals surface area contributed by atoms with Crippen LogP contribution in [0.3, 0.4) is 0 Å². The summed E-state index contributed by atoms with van der Waals surface area (Å²) in [4.78, 5) is 14.9. The Morgan fingerprint density at radius 1 is 1.53 bits per heavy atom. The zero-order valence-corrected chi connectivity index (χ0v) is 8.48. The fraction of sp³-hybridized carbons (Fsp3) is 0.556. The molecule has 6 heteroatoms. The number of hydrogen-bond acceptors (Lipinski definition) is 4. The molecular formula is C9H16N4O2. The number of rotatable bonds is 6. The first-order chi connectivity index (χ1) is 7.07. The van der Waals surface area contributed by atoms with Crippen molar-refractivity contribution in [1.29, 1.82) is 0 Å². The van der Waals surface area contributed by atoms with Crippen molar-refractivity contribution in [3.05, 3.63) is 0 Å². The highest BCUT2D eigenvalue weighted by Crippen LogP contribution is 1.97. The van der Waals surface area contributed by atoms with E-state index in [-0.39, 0.29) is 12.6 Å². The molecule has 0 amide bonds. The van der Waals surface area contributed by atoms with Crippen molar-refractivity contribution >= 4 is 11.9 Å². The van der Waals surface area contributed by atoms with E-state index in [0.29, 0.717) is 19.4 Å². The van der Waals surface area contributed by atoms with Gasteiger partial charge >= 0.3 is 5.97 Å². The second-order valence-electron chi connectivity index (χ2n) is 2.87. The van der Waals surface area contributed by atoms with E-state index in [1.165, 1.54) is 0 Å². The van der Waals surface area contributed by atoms with Crippen LogP contribution in [0.2, 0.25) is 0 Å². The van der Waals surface area contributed by atoms with Gasteiger partial charge in [0.25, 0.3) is 0 Å². The average molecular weight is 212 g/mol. The van der Waals surface area contributed by atoms with Gasteiger partial charge in [0.05, 0.1) is 0 Å². The smallest absolute Gasteiger partial charge is 0.323 e. The predicted octanol–water partition coefficient (Wildman–Crippen LogP) is -1.46. The number of nitrogens with zero attached hydrogens (tertiary/aromatic N) is 1. The normalized spacial score (nSPS) is 11.2. The van der Waals surface area contributed by atoms with Crippen LogP contribution < -0.4 is 17.2 Å². The van der Waals surface area contributed by atoms with Crippen molar-refractivity contribution in [1.82, 2.24) is 0 Å². The third-order valence-electron chi connectivity index (χ3n) is 1.57. The molecule has 0 spiro atoms. The first kappa shape index (κ1) is 13.3. The summed E-state index contributed by atoms with van der Waals surface area (Å²) in [6.45, 7) is 0.388. The van der Waals surface area contributed by atoms with Gasteiger partial charge in [-0.15, -0.1) is 6.42 Å². The van der Waals surface area contributed by atoms with E-state index in [1.54, 1.807) is 0 Å². The molecule has 6 nitrogen and oxygen atoms in total. The molecule has 15 heavy (non-hydrogen) atoms. The Hall–Kier alpha value is -1.74. The van der Waals surface area contributed by atoms with Gasteiger partial charge < -0.3 is 21.9 Å². The van der Waals surface area contributed by atoms with Crippen molar-refractivity contribution in [2.24, 2.45) is 22.2 Å². The topological polar surface area (TPSA) is 117 Å². The number of carbonyl (C=O) groups is 1. The Kier molecular flexibility index (Phi) is 6.76. The van der Waals surface area contributed by atoms with E-state index in [1.807, 2.05) is 0 Å². The van der Waals surface area contributed by atoms with Gasteiger partial charge in [-0.3, -0.25) is 9.79 Å². The SMILES string of the molecule is C#CCOC(=O)[C@@H](N)CCCN=C(N)N. The molecule has 0 aromatic rings. The summed E-state index contributed by atoms with van der Waals surface area (Å²) < 4.78 is 4.65. The third-order valence-corrected chi connectivity index (χ3v) is 1.57. The number of nitrogens with two attached hydrogens (primary N) is 3. The Labute approximate surface area is 88.8 Å². The number of aliphatic imine (C=N–C) groups is 1. The number of guanidine groups is 1. The molecule has 0 aliphatic heterocycles. The fourth-order valence-corrected chi connectivity index (χ4v) is 0.857. The van der Waals surface area contributed by atoms with Crippen LogP contribution in [0, 0.1) is 12.3 Å². The third kappa shape index (κ3) is 7.34. The largest absolute Gasteiger partial charge is 0.451 e. The van der Waals surface area contributed by atoms with Crippen LogP contribution >= 0.6 is 0 Å². The lowest BCUT2D eigenvalue weighted by Gasteiger charge is -2.08. The maximum absolute atomic E-state index is 11.1. The van der Waals surface area contributed by atoms with Gasteiger partial charge in [-0.25, -0.2) is 0 Å². The van der Waals surface area contributed by atoms with E-state index in [0.717, 1.165) is 0 Å². The highest BCUT2D eigenvalue weighted by molar-refractivity contribution is 5.76. The van der Waals surface area contributed by atoms with Gasteiger partial charge in [-0.05, 0) is 12.8 Å². The highest BCUT2D eigenvalue weighted by Gasteiger charge is 2.13. The minimum absolute atomic E-state index is 0.0264. The zero-order chi connectivity index (χ0) is 11.7. The molecule has 6 N–H and O–H groups in total. The highest BCUT2D eigenvalue weighted by atomic mass is 16.5. The Morgan fingerprint density at radius 3 is 2.73 bits per heavy atom. The molecule has 0 bridgehead atoms. The van der Waals surface area contributed by atoms with Gasteiger partial charge in [0.2, 0.25) is 0 Å². The van der Waals surface area contributed by atoms with Crippen molar-refractivity contribution in [3.63, 3.8) is 0 Å². The average Bonchev–Trinajstić information content (AvgIpc) is 2.20. The standard InChI is InChI=1S/C9H16N4O2/c1-2-6-15-8(14)7(10)4-3-5-13-9(11)12/h1,7H,3-6,10H2,(H4,11,12,13)/t7-/m0/s1. The molecule has 0 heterocycles. The van der Waals surface area contributed by atoms with Crippen LogP contribution in [0.1, 0.15) is 12.8 Å². The van der Waals surface area contributed by atoms with E-state index in [9.17, 15) is 4.79 Å². The van der Waals surface area contributed by atoms with Gasteiger partial charge in [-0.2, -0.15) is 0 Å². The molecule has 84 valence electrons. The Bertz CT molecular complexity index is 266. The maximum atomic E-state index is 11.1. The molecule has 0 aliphatic rings. The molecule has 0 rings (SSSR count). The monoisotopic (exact) mass is 212 g/mol. The van der Waals surface area contributed by atoms with Crippen molar-refractivity contribution < 1.29 is 9.53 Å². The Morgan fingerprint density at radius 2 is 2.20 bits per heavy atom. The zero-order valence-electron chi connectivity index (χ0n) is 8.48. The lowest BCUT2D eigenvalue weighted by Crippen LogP contribution is -2.32. The summed E-state index contributed by atoms with van der Waals surface area (Å²) in [6.07, 6.45) is 5.99. The molecule has 0 unspecified atom stereocenters. The van der Waals surface area contributed by atoms with Crippen LogP contribution in [0.5, 0.6) is 0 Å². The molecular weight excluding hydrogens is 196 g/mol. The van der Waals surface area contributed by atoms with Crippen LogP contribution in [0.15, 0.2) is 4.99 Å². The van der Waals surface area contributed by atoms with Crippen LogP contribution in [0.4, 0.5) is 0 Å². The molecule has 0 saturated carbocycles. The van der Waals surface area contributed by atoms with Crippen molar-refractivity contribution in [3.8, 4) is 12.3 Å². The summed E-state index contributed by atoms with van der Waals surface area (Å²) in [5.41, 5.74) is 15.8. The summed E-state index contributed by atoms with van der Waals surface area (Å²) in [5.74, 6) is 1.71. The summed E-state index contributed by atoms with van der Waals surface area (Å²) in [7, 11) is 0. The first-order valence-electron chi connectivity index (χ1n) is 4.49. The fourth-order valence-electron chi connectivity index (χ4n) is 0.857. The molecule has 0 aromatic carbocycles. The van der Waals surface area contributed by atoms with Crippen LogP contribution in [-0.2, 0) is 9.53 Å². The summed E-state index contributed by atoms with van der Waals surface area (Å²) in [6, 6.07) is -0.674. The molecule has 0 aromatic heterocycles. The number of ether oxygens (including phenoxy) is 1. The molecule has 1 atom stereocenters. The van der Waals surface area contributed by atoms with Gasteiger partial charge in [0.1, 0.15) is 6.04 Å². The van der Waals surface area contributed by atoms with Gasteiger partial charge in [0, 0.05) is 6.54 Å². The van der Waals surface area contributed by atoms with Crippen LogP contribution in [-0.4, -0.2) is 31.1 Å². The minimum Gasteiger partial charge on any atom is -0.451 e. The Balaban J connectivity index is 3.65. The van der Waals surface area contributed by atoms with E-state index >= 15 is 0 Å². The lowest BCUT2D eigenvalue weighted by atomic mass is 10.2. The van der Waals surface area contributed by atoms with E-state index in [2.05, 4.69) is 15.6 Å². The van der Waals surface area contributed by atoms with Crippen molar-refractivity contribution in [2.45, 2.75) is 18.9 Å². The number of esters is 1. The van der Waals surface area contributed by atoms with E-state index < -0.39 is 12.0 Å². The number of hydrogen-bond donors (Lipinski definition) is 3. The summed E-state index contributed by atoms with van der Waals surface area (Å²) in [5, 5.41) is 0. The first-order valence-corrected chi connectivity index (χ1v) is 4.49. The quantitative estimate of drug-likeness (QED) is 0.164. The molecule has 0 fully saturated rings. The second kappa shape index (κ2) is 7.64. The lowest BCUT2D eigenvalue weighted by molar-refractivity contribution is -0.143. The maximum Gasteiger partial charge on any atom is 0.323 e. The summed E-state index contributed by atoms with van der Waals surface area (Å²) >= 11 is 0. The number of terminal acetylenes is 1. The van der Waals surface area contributed by atoms with Crippen LogP contribution in [0.25, 0.3) is 0 Å². The van der Waals surface area contributed by atoms with Gasteiger partial charge in [0.15, 0.2) is 12.6 Å². The molecule has 0 aliphatic carbocycles. The molecule has 0 radical (unpaired) electrons. The predicted molar refractivity (Wildman–Crippen MR) is 57.7 cm³/mol. The van der Waals surface area contributed by atoms with Crippen molar-refractivity contribution in [2.75, 3.05) is 13.2 Å². The minimum atomic E-state index is -0.674. The van der Waals surface area contributed by atoms with E-state index in [4.69, 9.17) is 23.6 Å².